The average Bonchev–Trinajstić information content (AvgIpc) is 2.48. The van der Waals surface area contributed by atoms with Crippen LogP contribution in [0.3, 0.4) is 0 Å². The van der Waals surface area contributed by atoms with E-state index in [0.717, 1.165) is 19.5 Å². The van der Waals surface area contributed by atoms with E-state index in [2.05, 4.69) is 28.5 Å². The smallest absolute Gasteiger partial charge is 0.0437 e. The average molecular weight is 256 g/mol. The largest absolute Gasteiger partial charge is 0.396 e. The number of hydrogen-bond acceptors (Lipinski definition) is 3. The van der Waals surface area contributed by atoms with Crippen LogP contribution < -0.4 is 5.32 Å². The van der Waals surface area contributed by atoms with E-state index in [1.54, 1.807) is 6.20 Å². The van der Waals surface area contributed by atoms with Crippen molar-refractivity contribution in [2.75, 3.05) is 13.2 Å². The van der Waals surface area contributed by atoms with Gasteiger partial charge in [0.2, 0.25) is 0 Å². The van der Waals surface area contributed by atoms with Crippen LogP contribution in [-0.4, -0.2) is 23.2 Å². The quantitative estimate of drug-likeness (QED) is 0.799. The van der Waals surface area contributed by atoms with Gasteiger partial charge in [0.15, 0.2) is 0 Å². The first-order chi connectivity index (χ1) is 9.40. The summed E-state index contributed by atoms with van der Waals surface area (Å²) in [5.41, 5.74) is 2.45. The Morgan fingerprint density at radius 2 is 1.95 bits per heavy atom. The lowest BCUT2D eigenvalue weighted by Gasteiger charge is -2.17. The molecule has 2 N–H and O–H groups in total. The first-order valence-corrected chi connectivity index (χ1v) is 6.65. The molecule has 0 aliphatic rings. The molecule has 0 fully saturated rings. The van der Waals surface area contributed by atoms with E-state index in [0.29, 0.717) is 5.92 Å². The molecule has 0 radical (unpaired) electrons. The van der Waals surface area contributed by atoms with E-state index in [-0.39, 0.29) is 6.61 Å². The molecule has 1 atom stereocenters. The van der Waals surface area contributed by atoms with Gasteiger partial charge in [0.25, 0.3) is 0 Å². The van der Waals surface area contributed by atoms with Crippen molar-refractivity contribution in [3.63, 3.8) is 0 Å². The van der Waals surface area contributed by atoms with Crippen LogP contribution in [0.5, 0.6) is 0 Å². The molecule has 0 spiro atoms. The summed E-state index contributed by atoms with van der Waals surface area (Å²) >= 11 is 0. The van der Waals surface area contributed by atoms with Crippen LogP contribution in [0.15, 0.2) is 54.9 Å². The van der Waals surface area contributed by atoms with E-state index < -0.39 is 0 Å². The second-order valence-corrected chi connectivity index (χ2v) is 4.61. The molecule has 2 rings (SSSR count). The van der Waals surface area contributed by atoms with Crippen LogP contribution in [-0.2, 0) is 6.54 Å². The number of aliphatic hydroxyl groups is 1. The molecular formula is C16H20N2O. The molecule has 1 heterocycles. The van der Waals surface area contributed by atoms with Gasteiger partial charge in [-0.1, -0.05) is 36.4 Å². The molecule has 0 aliphatic carbocycles. The van der Waals surface area contributed by atoms with E-state index in [4.69, 9.17) is 0 Å². The minimum Gasteiger partial charge on any atom is -0.396 e. The van der Waals surface area contributed by atoms with E-state index in [9.17, 15) is 5.11 Å². The maximum absolute atomic E-state index is 9.18. The highest BCUT2D eigenvalue weighted by atomic mass is 16.3. The SMILES string of the molecule is OCCC(CNCc1cccnc1)c1ccccc1. The van der Waals surface area contributed by atoms with Gasteiger partial charge in [-0.05, 0) is 29.5 Å². The van der Waals surface area contributed by atoms with Crippen molar-refractivity contribution < 1.29 is 5.11 Å². The zero-order valence-corrected chi connectivity index (χ0v) is 11.0. The van der Waals surface area contributed by atoms with Crippen LogP contribution in [0.4, 0.5) is 0 Å². The summed E-state index contributed by atoms with van der Waals surface area (Å²) in [7, 11) is 0. The van der Waals surface area contributed by atoms with E-state index in [1.165, 1.54) is 11.1 Å². The Balaban J connectivity index is 1.87. The molecule has 1 unspecified atom stereocenters. The number of aromatic nitrogens is 1. The van der Waals surface area contributed by atoms with Crippen molar-refractivity contribution >= 4 is 0 Å². The van der Waals surface area contributed by atoms with Crippen LogP contribution in [0.1, 0.15) is 23.5 Å². The van der Waals surface area contributed by atoms with Gasteiger partial charge in [0.1, 0.15) is 0 Å². The molecule has 100 valence electrons. The monoisotopic (exact) mass is 256 g/mol. The molecule has 2 aromatic rings. The number of benzene rings is 1. The van der Waals surface area contributed by atoms with Gasteiger partial charge in [-0.15, -0.1) is 0 Å². The third-order valence-corrected chi connectivity index (χ3v) is 3.19. The van der Waals surface area contributed by atoms with Gasteiger partial charge in [0, 0.05) is 32.1 Å². The molecule has 3 nitrogen and oxygen atoms in total. The van der Waals surface area contributed by atoms with Crippen LogP contribution in [0, 0.1) is 0 Å². The number of pyridine rings is 1. The maximum atomic E-state index is 9.18. The summed E-state index contributed by atoms with van der Waals surface area (Å²) in [5, 5.41) is 12.6. The van der Waals surface area contributed by atoms with Crippen molar-refractivity contribution in [2.45, 2.75) is 18.9 Å². The normalized spacial score (nSPS) is 12.3. The second kappa shape index (κ2) is 7.67. The molecule has 0 saturated heterocycles. The van der Waals surface area contributed by atoms with E-state index >= 15 is 0 Å². The van der Waals surface area contributed by atoms with Gasteiger partial charge in [-0.25, -0.2) is 0 Å². The summed E-state index contributed by atoms with van der Waals surface area (Å²) in [6, 6.07) is 14.3. The van der Waals surface area contributed by atoms with Crippen molar-refractivity contribution in [1.82, 2.24) is 10.3 Å². The Hall–Kier alpha value is -1.71. The molecule has 19 heavy (non-hydrogen) atoms. The molecule has 1 aromatic carbocycles. The van der Waals surface area contributed by atoms with Crippen molar-refractivity contribution in [3.8, 4) is 0 Å². The summed E-state index contributed by atoms with van der Waals surface area (Å²) in [6.07, 6.45) is 4.43. The standard InChI is InChI=1S/C16H20N2O/c19-10-8-16(15-6-2-1-3-7-15)13-18-12-14-5-4-9-17-11-14/h1-7,9,11,16,18-19H,8,10,12-13H2. The van der Waals surface area contributed by atoms with Crippen molar-refractivity contribution in [2.24, 2.45) is 0 Å². The highest BCUT2D eigenvalue weighted by molar-refractivity contribution is 5.20. The Morgan fingerprint density at radius 1 is 1.11 bits per heavy atom. The fraction of sp³-hybridized carbons (Fsp3) is 0.312. The Morgan fingerprint density at radius 3 is 2.63 bits per heavy atom. The third-order valence-electron chi connectivity index (χ3n) is 3.19. The van der Waals surface area contributed by atoms with Crippen molar-refractivity contribution in [1.29, 1.82) is 0 Å². The van der Waals surface area contributed by atoms with Gasteiger partial charge in [-0.2, -0.15) is 0 Å². The molecule has 0 amide bonds. The Kier molecular flexibility index (Phi) is 5.53. The fourth-order valence-corrected chi connectivity index (χ4v) is 2.16. The topological polar surface area (TPSA) is 45.1 Å². The highest BCUT2D eigenvalue weighted by Crippen LogP contribution is 2.18. The number of hydrogen-bond donors (Lipinski definition) is 2. The summed E-state index contributed by atoms with van der Waals surface area (Å²) in [5.74, 6) is 0.350. The minimum atomic E-state index is 0.216. The summed E-state index contributed by atoms with van der Waals surface area (Å²) in [4.78, 5) is 4.10. The molecule has 0 aliphatic heterocycles. The predicted octanol–water partition coefficient (Wildman–Crippen LogP) is 2.34. The van der Waals surface area contributed by atoms with Crippen LogP contribution in [0.25, 0.3) is 0 Å². The van der Waals surface area contributed by atoms with Gasteiger partial charge >= 0.3 is 0 Å². The lowest BCUT2D eigenvalue weighted by Crippen LogP contribution is -2.22. The second-order valence-electron chi connectivity index (χ2n) is 4.61. The maximum Gasteiger partial charge on any atom is 0.0437 e. The minimum absolute atomic E-state index is 0.216. The molecule has 0 saturated carbocycles. The molecule has 1 aromatic heterocycles. The lowest BCUT2D eigenvalue weighted by atomic mass is 9.96. The van der Waals surface area contributed by atoms with Gasteiger partial charge < -0.3 is 10.4 Å². The number of rotatable bonds is 7. The molecular weight excluding hydrogens is 236 g/mol. The first kappa shape index (κ1) is 13.7. The zero-order valence-electron chi connectivity index (χ0n) is 11.0. The zero-order chi connectivity index (χ0) is 13.3. The first-order valence-electron chi connectivity index (χ1n) is 6.65. The van der Waals surface area contributed by atoms with Crippen LogP contribution >= 0.6 is 0 Å². The number of nitrogens with zero attached hydrogens (tertiary/aromatic N) is 1. The molecule has 0 bridgehead atoms. The Bertz CT molecular complexity index is 459. The molecule has 3 heteroatoms. The van der Waals surface area contributed by atoms with Gasteiger partial charge in [0.05, 0.1) is 0 Å². The Labute approximate surface area is 114 Å². The number of nitrogens with one attached hydrogen (secondary N) is 1. The fourth-order valence-electron chi connectivity index (χ4n) is 2.16. The third kappa shape index (κ3) is 4.47. The summed E-state index contributed by atoms with van der Waals surface area (Å²) in [6.45, 7) is 1.89. The lowest BCUT2D eigenvalue weighted by molar-refractivity contribution is 0.273. The summed E-state index contributed by atoms with van der Waals surface area (Å²) < 4.78 is 0. The predicted molar refractivity (Wildman–Crippen MR) is 76.8 cm³/mol. The van der Waals surface area contributed by atoms with Crippen LogP contribution in [0.2, 0.25) is 0 Å². The number of aliphatic hydroxyl groups excluding tert-OH is 1. The van der Waals surface area contributed by atoms with E-state index in [1.807, 2.05) is 30.5 Å². The highest BCUT2D eigenvalue weighted by Gasteiger charge is 2.10. The van der Waals surface area contributed by atoms with Gasteiger partial charge in [-0.3, -0.25) is 4.98 Å². The van der Waals surface area contributed by atoms with Crippen molar-refractivity contribution in [3.05, 3.63) is 66.0 Å².